The molecule has 1 fully saturated rings. The van der Waals surface area contributed by atoms with Crippen LogP contribution < -0.4 is 21.3 Å². The lowest BCUT2D eigenvalue weighted by Crippen LogP contribution is -2.30. The summed E-state index contributed by atoms with van der Waals surface area (Å²) in [5, 5.41) is 0.360. The van der Waals surface area contributed by atoms with Crippen molar-refractivity contribution < 1.29 is 9.53 Å². The average molecular weight is 362 g/mol. The average Bonchev–Trinajstić information content (AvgIpc) is 2.63. The second-order valence-corrected chi connectivity index (χ2v) is 6.29. The lowest BCUT2D eigenvalue weighted by atomic mass is 9.98. The molecule has 132 valence electrons. The van der Waals surface area contributed by atoms with Crippen LogP contribution in [-0.4, -0.2) is 22.0 Å². The van der Waals surface area contributed by atoms with Crippen molar-refractivity contribution in [3.63, 3.8) is 0 Å². The first-order valence-electron chi connectivity index (χ1n) is 8.23. The van der Waals surface area contributed by atoms with Gasteiger partial charge in [0.2, 0.25) is 5.88 Å². The van der Waals surface area contributed by atoms with Crippen LogP contribution in [0.15, 0.2) is 30.6 Å². The molecule has 1 aromatic heterocycles. The number of hydrazine groups is 1. The van der Waals surface area contributed by atoms with E-state index in [0.29, 0.717) is 16.5 Å². The van der Waals surface area contributed by atoms with Gasteiger partial charge in [0, 0.05) is 0 Å². The van der Waals surface area contributed by atoms with Crippen molar-refractivity contribution in [1.82, 2.24) is 15.4 Å². The lowest BCUT2D eigenvalue weighted by Gasteiger charge is -2.23. The summed E-state index contributed by atoms with van der Waals surface area (Å²) in [5.74, 6) is 0.218. The maximum atomic E-state index is 12.2. The van der Waals surface area contributed by atoms with Gasteiger partial charge in [-0.25, -0.2) is 4.98 Å². The van der Waals surface area contributed by atoms with Crippen LogP contribution in [0.4, 0.5) is 11.5 Å². The SMILES string of the molecule is Nc1c(NNC(=O)c2ccccc2Cl)ncnc1OC1CCCCC1. The number of ether oxygens (including phenoxy) is 1. The van der Waals surface area contributed by atoms with Crippen LogP contribution >= 0.6 is 11.6 Å². The Morgan fingerprint density at radius 2 is 1.96 bits per heavy atom. The van der Waals surface area contributed by atoms with Crippen molar-refractivity contribution in [2.75, 3.05) is 11.2 Å². The van der Waals surface area contributed by atoms with Crippen molar-refractivity contribution in [2.45, 2.75) is 38.2 Å². The number of carbonyl (C=O) groups is 1. The number of hydrogen-bond donors (Lipinski definition) is 3. The summed E-state index contributed by atoms with van der Waals surface area (Å²) < 4.78 is 5.89. The van der Waals surface area contributed by atoms with E-state index >= 15 is 0 Å². The number of anilines is 2. The Balaban J connectivity index is 1.65. The van der Waals surface area contributed by atoms with Gasteiger partial charge in [0.25, 0.3) is 5.91 Å². The number of hydrogen-bond acceptors (Lipinski definition) is 6. The molecule has 1 amide bonds. The van der Waals surface area contributed by atoms with Gasteiger partial charge >= 0.3 is 0 Å². The summed E-state index contributed by atoms with van der Waals surface area (Å²) in [7, 11) is 0. The summed E-state index contributed by atoms with van der Waals surface area (Å²) in [6, 6.07) is 6.76. The smallest absolute Gasteiger partial charge is 0.271 e. The predicted octanol–water partition coefficient (Wildman–Crippen LogP) is 3.18. The molecule has 0 unspecified atom stereocenters. The quantitative estimate of drug-likeness (QED) is 0.707. The molecule has 1 aromatic carbocycles. The Morgan fingerprint density at radius 1 is 1.20 bits per heavy atom. The molecule has 25 heavy (non-hydrogen) atoms. The Labute approximate surface area is 150 Å². The van der Waals surface area contributed by atoms with Gasteiger partial charge in [-0.1, -0.05) is 30.2 Å². The number of aromatic nitrogens is 2. The highest BCUT2D eigenvalue weighted by Crippen LogP contribution is 2.28. The van der Waals surface area contributed by atoms with Gasteiger partial charge < -0.3 is 10.5 Å². The molecule has 1 saturated carbocycles. The number of carbonyl (C=O) groups excluding carboxylic acids is 1. The number of nitrogens with one attached hydrogen (secondary N) is 2. The molecule has 0 aliphatic heterocycles. The molecule has 8 heteroatoms. The third kappa shape index (κ3) is 4.30. The number of halogens is 1. The Kier molecular flexibility index (Phi) is 5.55. The van der Waals surface area contributed by atoms with Crippen molar-refractivity contribution in [3.05, 3.63) is 41.2 Å². The predicted molar refractivity (Wildman–Crippen MR) is 96.5 cm³/mol. The van der Waals surface area contributed by atoms with E-state index in [2.05, 4.69) is 20.8 Å². The molecule has 1 aliphatic rings. The van der Waals surface area contributed by atoms with Gasteiger partial charge in [0.15, 0.2) is 5.82 Å². The molecule has 3 rings (SSSR count). The second-order valence-electron chi connectivity index (χ2n) is 5.88. The number of rotatable bonds is 5. The molecule has 0 spiro atoms. The van der Waals surface area contributed by atoms with E-state index in [1.54, 1.807) is 24.3 Å². The minimum absolute atomic E-state index is 0.122. The fourth-order valence-corrected chi connectivity index (χ4v) is 2.96. The van der Waals surface area contributed by atoms with Crippen LogP contribution in [0.3, 0.4) is 0 Å². The molecule has 4 N–H and O–H groups in total. The van der Waals surface area contributed by atoms with Crippen LogP contribution in [0.1, 0.15) is 42.5 Å². The fraction of sp³-hybridized carbons (Fsp3) is 0.353. The van der Waals surface area contributed by atoms with E-state index < -0.39 is 5.91 Å². The standard InChI is InChI=1S/C17H20ClN5O2/c18-13-9-5-4-8-12(13)16(24)23-22-15-14(19)17(21-10-20-15)25-11-6-2-1-3-7-11/h4-5,8-11H,1-3,6-7,19H2,(H,23,24)(H,20,21,22). The summed E-state index contributed by atoms with van der Waals surface area (Å²) in [6.07, 6.45) is 6.99. The Bertz CT molecular complexity index is 750. The molecular formula is C17H20ClN5O2. The normalized spacial score (nSPS) is 14.8. The van der Waals surface area contributed by atoms with Crippen LogP contribution in [-0.2, 0) is 0 Å². The summed E-state index contributed by atoms with van der Waals surface area (Å²) in [4.78, 5) is 20.3. The molecule has 0 atom stereocenters. The van der Waals surface area contributed by atoms with Crippen LogP contribution in [0.2, 0.25) is 5.02 Å². The number of nitrogens with two attached hydrogens (primary N) is 1. The number of nitrogen functional groups attached to an aromatic ring is 1. The summed E-state index contributed by atoms with van der Waals surface area (Å²) >= 11 is 6.01. The van der Waals surface area contributed by atoms with Gasteiger partial charge in [-0.05, 0) is 37.8 Å². The minimum atomic E-state index is -0.390. The topological polar surface area (TPSA) is 102 Å². The van der Waals surface area contributed by atoms with Crippen molar-refractivity contribution in [2.24, 2.45) is 0 Å². The molecule has 7 nitrogen and oxygen atoms in total. The highest BCUT2D eigenvalue weighted by atomic mass is 35.5. The first-order valence-corrected chi connectivity index (χ1v) is 8.61. The maximum absolute atomic E-state index is 12.2. The molecule has 0 radical (unpaired) electrons. The zero-order valence-corrected chi connectivity index (χ0v) is 14.4. The van der Waals surface area contributed by atoms with Gasteiger partial charge in [-0.3, -0.25) is 15.6 Å². The first kappa shape index (κ1) is 17.3. The Morgan fingerprint density at radius 3 is 2.72 bits per heavy atom. The molecule has 0 bridgehead atoms. The zero-order valence-electron chi connectivity index (χ0n) is 13.7. The van der Waals surface area contributed by atoms with E-state index in [1.807, 2.05) is 0 Å². The van der Waals surface area contributed by atoms with E-state index in [1.165, 1.54) is 12.7 Å². The highest BCUT2D eigenvalue weighted by molar-refractivity contribution is 6.33. The zero-order chi connectivity index (χ0) is 17.6. The molecular weight excluding hydrogens is 342 g/mol. The van der Waals surface area contributed by atoms with Crippen LogP contribution in [0, 0.1) is 0 Å². The number of amides is 1. The number of nitrogens with zero attached hydrogens (tertiary/aromatic N) is 2. The third-order valence-corrected chi connectivity index (χ3v) is 4.42. The van der Waals surface area contributed by atoms with Crippen molar-refractivity contribution in [3.8, 4) is 5.88 Å². The van der Waals surface area contributed by atoms with Crippen molar-refractivity contribution >= 4 is 29.0 Å². The van der Waals surface area contributed by atoms with Crippen LogP contribution in [0.25, 0.3) is 0 Å². The second kappa shape index (κ2) is 8.02. The molecule has 1 heterocycles. The highest BCUT2D eigenvalue weighted by Gasteiger charge is 2.18. The van der Waals surface area contributed by atoms with Gasteiger partial charge in [-0.2, -0.15) is 4.98 Å². The molecule has 1 aliphatic carbocycles. The maximum Gasteiger partial charge on any atom is 0.271 e. The number of benzene rings is 1. The fourth-order valence-electron chi connectivity index (χ4n) is 2.74. The Hall–Kier alpha value is -2.54. The lowest BCUT2D eigenvalue weighted by molar-refractivity contribution is 0.0962. The van der Waals surface area contributed by atoms with Gasteiger partial charge in [0.05, 0.1) is 10.6 Å². The van der Waals surface area contributed by atoms with E-state index in [4.69, 9.17) is 22.1 Å². The van der Waals surface area contributed by atoms with Crippen LogP contribution in [0.5, 0.6) is 5.88 Å². The largest absolute Gasteiger partial charge is 0.473 e. The molecule has 2 aromatic rings. The monoisotopic (exact) mass is 361 g/mol. The van der Waals surface area contributed by atoms with Crippen molar-refractivity contribution in [1.29, 1.82) is 0 Å². The van der Waals surface area contributed by atoms with E-state index in [9.17, 15) is 4.79 Å². The van der Waals surface area contributed by atoms with Gasteiger partial charge in [-0.15, -0.1) is 0 Å². The third-order valence-electron chi connectivity index (χ3n) is 4.09. The molecule has 0 saturated heterocycles. The first-order chi connectivity index (χ1) is 12.1. The van der Waals surface area contributed by atoms with E-state index in [0.717, 1.165) is 25.7 Å². The summed E-state index contributed by atoms with van der Waals surface area (Å²) in [6.45, 7) is 0. The van der Waals surface area contributed by atoms with Gasteiger partial charge in [0.1, 0.15) is 18.1 Å². The minimum Gasteiger partial charge on any atom is -0.473 e. The summed E-state index contributed by atoms with van der Waals surface area (Å²) in [5.41, 5.74) is 11.9. The van der Waals surface area contributed by atoms with E-state index in [-0.39, 0.29) is 17.6 Å².